The molecule has 0 fully saturated rings. The Kier molecular flexibility index (Phi) is 4.11. The van der Waals surface area contributed by atoms with Crippen molar-refractivity contribution in [3.05, 3.63) is 23.8 Å². The predicted octanol–water partition coefficient (Wildman–Crippen LogP) is 2.65. The predicted molar refractivity (Wildman–Crippen MR) is 47.6 cm³/mol. The molecule has 17 heavy (non-hydrogen) atoms. The molecule has 0 amide bonds. The van der Waals surface area contributed by atoms with Crippen LogP contribution in [0.4, 0.5) is 22.0 Å². The molecule has 1 rings (SSSR count). The lowest BCUT2D eigenvalue weighted by atomic mass is 10.2. The maximum absolute atomic E-state index is 12.0. The highest BCUT2D eigenvalue weighted by molar-refractivity contribution is 5.43. The summed E-state index contributed by atoms with van der Waals surface area (Å²) in [4.78, 5) is 0. The van der Waals surface area contributed by atoms with Gasteiger partial charge in [-0.15, -0.1) is 13.2 Å². The number of ether oxygens (including phenoxy) is 2. The second-order valence-corrected chi connectivity index (χ2v) is 2.91. The van der Waals surface area contributed by atoms with Crippen LogP contribution in [-0.4, -0.2) is 13.0 Å². The number of alkyl halides is 5. The lowest BCUT2D eigenvalue weighted by Crippen LogP contribution is -2.18. The lowest BCUT2D eigenvalue weighted by Gasteiger charge is -2.14. The summed E-state index contributed by atoms with van der Waals surface area (Å²) in [5.74, 6) is -1.55. The Morgan fingerprint density at radius 1 is 1.18 bits per heavy atom. The van der Waals surface area contributed by atoms with E-state index < -0.39 is 24.5 Å². The molecule has 0 atom stereocenters. The van der Waals surface area contributed by atoms with Gasteiger partial charge in [-0.25, -0.2) is 0 Å². The third-order valence-electron chi connectivity index (χ3n) is 1.69. The number of rotatable bonds is 4. The van der Waals surface area contributed by atoms with Gasteiger partial charge in [0.15, 0.2) is 11.5 Å². The van der Waals surface area contributed by atoms with Crippen LogP contribution in [0.1, 0.15) is 5.56 Å². The van der Waals surface area contributed by atoms with Gasteiger partial charge in [-0.1, -0.05) is 6.07 Å². The van der Waals surface area contributed by atoms with Gasteiger partial charge >= 0.3 is 13.0 Å². The Balaban J connectivity index is 3.02. The van der Waals surface area contributed by atoms with Crippen molar-refractivity contribution in [2.75, 3.05) is 0 Å². The largest absolute Gasteiger partial charge is 0.573 e. The van der Waals surface area contributed by atoms with Crippen LogP contribution in [0.15, 0.2) is 18.2 Å². The topological polar surface area (TPSA) is 44.5 Å². The number of hydrogen-bond donors (Lipinski definition) is 1. The summed E-state index contributed by atoms with van der Waals surface area (Å²) in [5.41, 5.74) is 5.56. The normalized spacial score (nSPS) is 11.7. The Bertz CT molecular complexity index is 380. The molecule has 0 aliphatic rings. The molecule has 0 spiro atoms. The van der Waals surface area contributed by atoms with Gasteiger partial charge < -0.3 is 15.2 Å². The van der Waals surface area contributed by atoms with Crippen LogP contribution in [0.3, 0.4) is 0 Å². The summed E-state index contributed by atoms with van der Waals surface area (Å²) in [7, 11) is 0. The van der Waals surface area contributed by atoms with E-state index in [1.165, 1.54) is 6.07 Å². The van der Waals surface area contributed by atoms with Gasteiger partial charge in [-0.2, -0.15) is 8.78 Å². The van der Waals surface area contributed by atoms with Crippen LogP contribution in [0.5, 0.6) is 11.5 Å². The van der Waals surface area contributed by atoms with Crippen molar-refractivity contribution in [1.29, 1.82) is 0 Å². The van der Waals surface area contributed by atoms with E-state index in [1.54, 1.807) is 0 Å². The van der Waals surface area contributed by atoms with Gasteiger partial charge in [0.1, 0.15) is 0 Å². The zero-order valence-corrected chi connectivity index (χ0v) is 8.30. The van der Waals surface area contributed by atoms with Crippen LogP contribution in [0, 0.1) is 0 Å². The maximum Gasteiger partial charge on any atom is 0.573 e. The molecule has 8 heteroatoms. The molecule has 96 valence electrons. The quantitative estimate of drug-likeness (QED) is 0.843. The highest BCUT2D eigenvalue weighted by Crippen LogP contribution is 2.33. The first-order valence-corrected chi connectivity index (χ1v) is 4.35. The fraction of sp³-hybridized carbons (Fsp3) is 0.333. The fourth-order valence-corrected chi connectivity index (χ4v) is 1.08. The van der Waals surface area contributed by atoms with Crippen LogP contribution >= 0.6 is 0 Å². The number of hydrogen-bond acceptors (Lipinski definition) is 3. The van der Waals surface area contributed by atoms with Gasteiger partial charge in [0.25, 0.3) is 0 Å². The van der Waals surface area contributed by atoms with Crippen LogP contribution < -0.4 is 15.2 Å². The van der Waals surface area contributed by atoms with E-state index >= 15 is 0 Å². The van der Waals surface area contributed by atoms with Gasteiger partial charge in [0.05, 0.1) is 0 Å². The Morgan fingerprint density at radius 2 is 1.82 bits per heavy atom. The maximum atomic E-state index is 12.0. The highest BCUT2D eigenvalue weighted by atomic mass is 19.4. The monoisotopic (exact) mass is 257 g/mol. The van der Waals surface area contributed by atoms with Crippen molar-refractivity contribution in [3.63, 3.8) is 0 Å². The van der Waals surface area contributed by atoms with E-state index in [-0.39, 0.29) is 6.54 Å². The van der Waals surface area contributed by atoms with E-state index in [2.05, 4.69) is 9.47 Å². The minimum Gasteiger partial charge on any atom is -0.431 e. The summed E-state index contributed by atoms with van der Waals surface area (Å²) in [6, 6.07) is 3.06. The molecule has 0 aliphatic carbocycles. The summed E-state index contributed by atoms with van der Waals surface area (Å²) < 4.78 is 67.3. The second kappa shape index (κ2) is 5.17. The molecule has 0 aromatic heterocycles. The minimum atomic E-state index is -4.98. The Morgan fingerprint density at radius 3 is 2.29 bits per heavy atom. The second-order valence-electron chi connectivity index (χ2n) is 2.91. The first-order chi connectivity index (χ1) is 7.81. The molecule has 1 aromatic carbocycles. The molecule has 0 saturated carbocycles. The molecule has 1 aromatic rings. The molecule has 0 heterocycles. The lowest BCUT2D eigenvalue weighted by molar-refractivity contribution is -0.275. The van der Waals surface area contributed by atoms with E-state index in [4.69, 9.17) is 5.73 Å². The summed E-state index contributed by atoms with van der Waals surface area (Å²) in [5, 5.41) is 0. The summed E-state index contributed by atoms with van der Waals surface area (Å²) in [6.07, 6.45) is -4.98. The molecule has 0 aliphatic heterocycles. The van der Waals surface area contributed by atoms with Crippen molar-refractivity contribution in [2.45, 2.75) is 19.5 Å². The fourth-order valence-electron chi connectivity index (χ4n) is 1.08. The first kappa shape index (κ1) is 13.5. The molecule has 2 N–H and O–H groups in total. The van der Waals surface area contributed by atoms with Crippen molar-refractivity contribution < 1.29 is 31.4 Å². The van der Waals surface area contributed by atoms with Gasteiger partial charge in [0.2, 0.25) is 0 Å². The molecule has 0 unspecified atom stereocenters. The molecular weight excluding hydrogens is 249 g/mol. The molecule has 3 nitrogen and oxygen atoms in total. The van der Waals surface area contributed by atoms with E-state index in [9.17, 15) is 22.0 Å². The van der Waals surface area contributed by atoms with Crippen LogP contribution in [0.25, 0.3) is 0 Å². The van der Waals surface area contributed by atoms with Gasteiger partial charge in [-0.3, -0.25) is 0 Å². The molecule has 0 radical (unpaired) electrons. The van der Waals surface area contributed by atoms with Crippen molar-refractivity contribution in [1.82, 2.24) is 0 Å². The first-order valence-electron chi connectivity index (χ1n) is 4.35. The summed E-state index contributed by atoms with van der Waals surface area (Å²) >= 11 is 0. The van der Waals surface area contributed by atoms with Crippen molar-refractivity contribution in [2.24, 2.45) is 5.73 Å². The summed E-state index contributed by atoms with van der Waals surface area (Å²) in [6.45, 7) is -3.27. The average Bonchev–Trinajstić information content (AvgIpc) is 2.17. The third-order valence-corrected chi connectivity index (χ3v) is 1.69. The zero-order valence-electron chi connectivity index (χ0n) is 8.30. The van der Waals surface area contributed by atoms with E-state index in [1.807, 2.05) is 0 Å². The number of halogens is 5. The average molecular weight is 257 g/mol. The smallest absolute Gasteiger partial charge is 0.431 e. The van der Waals surface area contributed by atoms with Crippen molar-refractivity contribution in [3.8, 4) is 11.5 Å². The highest BCUT2D eigenvalue weighted by Gasteiger charge is 2.32. The number of benzene rings is 1. The Labute approximate surface area is 92.9 Å². The van der Waals surface area contributed by atoms with Crippen LogP contribution in [0.2, 0.25) is 0 Å². The minimum absolute atomic E-state index is 0.0219. The number of nitrogens with two attached hydrogens (primary N) is 1. The molecule has 0 saturated heterocycles. The van der Waals surface area contributed by atoms with Crippen LogP contribution in [-0.2, 0) is 6.54 Å². The molecule has 0 bridgehead atoms. The standard InChI is InChI=1S/C9H8F5NO2/c10-8(11)16-7-3-5(4-15)1-2-6(7)17-9(12,13)14/h1-3,8H,4,15H2. The Hall–Kier alpha value is -1.57. The van der Waals surface area contributed by atoms with Crippen molar-refractivity contribution >= 4 is 0 Å². The third kappa shape index (κ3) is 4.43. The zero-order chi connectivity index (χ0) is 13.1. The van der Waals surface area contributed by atoms with Gasteiger partial charge in [-0.05, 0) is 17.7 Å². The van der Waals surface area contributed by atoms with E-state index in [0.717, 1.165) is 12.1 Å². The molecular formula is C9H8F5NO2. The van der Waals surface area contributed by atoms with Gasteiger partial charge in [0, 0.05) is 6.54 Å². The van der Waals surface area contributed by atoms with E-state index in [0.29, 0.717) is 5.56 Å². The SMILES string of the molecule is NCc1ccc(OC(F)(F)F)c(OC(F)F)c1.